The lowest BCUT2D eigenvalue weighted by Gasteiger charge is -2.14. The molecule has 104 valence electrons. The number of carboxylic acids is 1. The minimum Gasteiger partial charge on any atom is -0.480 e. The van der Waals surface area contributed by atoms with E-state index in [-0.39, 0.29) is 0 Å². The number of aryl methyl sites for hydroxylation is 1. The molecule has 3 N–H and O–H groups in total. The van der Waals surface area contributed by atoms with Crippen LogP contribution in [0, 0.1) is 6.92 Å². The molecule has 0 unspecified atom stereocenters. The molecule has 0 saturated carbocycles. The Bertz CT molecular complexity index is 446. The largest absolute Gasteiger partial charge is 0.480 e. The fraction of sp³-hybridized carbons (Fsp3) is 0.429. The Morgan fingerprint density at radius 2 is 2.00 bits per heavy atom. The lowest BCUT2D eigenvalue weighted by molar-refractivity contribution is -0.139. The molecule has 5 nitrogen and oxygen atoms in total. The molecule has 0 aliphatic rings. The Hall–Kier alpha value is -2.04. The van der Waals surface area contributed by atoms with Crippen molar-refractivity contribution >= 4 is 12.0 Å². The molecule has 19 heavy (non-hydrogen) atoms. The summed E-state index contributed by atoms with van der Waals surface area (Å²) in [4.78, 5) is 22.5. The number of rotatable bonds is 6. The van der Waals surface area contributed by atoms with Crippen molar-refractivity contribution in [2.24, 2.45) is 0 Å². The van der Waals surface area contributed by atoms with E-state index in [9.17, 15) is 9.59 Å². The van der Waals surface area contributed by atoms with Crippen molar-refractivity contribution in [3.05, 3.63) is 35.4 Å². The van der Waals surface area contributed by atoms with Crippen LogP contribution in [0.4, 0.5) is 4.79 Å². The van der Waals surface area contributed by atoms with Crippen LogP contribution in [-0.4, -0.2) is 23.1 Å². The van der Waals surface area contributed by atoms with Crippen LogP contribution >= 0.6 is 0 Å². The highest BCUT2D eigenvalue weighted by Gasteiger charge is 2.18. The van der Waals surface area contributed by atoms with Crippen LogP contribution in [0.2, 0.25) is 0 Å². The molecule has 0 spiro atoms. The van der Waals surface area contributed by atoms with Gasteiger partial charge in [-0.2, -0.15) is 0 Å². The highest BCUT2D eigenvalue weighted by molar-refractivity contribution is 5.82. The van der Waals surface area contributed by atoms with Gasteiger partial charge >= 0.3 is 12.0 Å². The molecule has 1 atom stereocenters. The summed E-state index contributed by atoms with van der Waals surface area (Å²) in [7, 11) is 0. The standard InChI is InChI=1S/C14H20N2O3/c1-3-6-12(13(17)18)16-14(19)15-9-11-8-5-4-7-10(11)2/h4-5,7-8,12H,3,6,9H2,1-2H3,(H,17,18)(H2,15,16,19)/t12-/m0/s1. The molecular weight excluding hydrogens is 244 g/mol. The zero-order valence-electron chi connectivity index (χ0n) is 11.3. The van der Waals surface area contributed by atoms with Gasteiger partial charge in [-0.25, -0.2) is 9.59 Å². The van der Waals surface area contributed by atoms with Gasteiger partial charge < -0.3 is 15.7 Å². The SMILES string of the molecule is CCC[C@H](NC(=O)NCc1ccccc1C)C(=O)O. The number of carbonyl (C=O) groups excluding carboxylic acids is 1. The maximum atomic E-state index is 11.6. The van der Waals surface area contributed by atoms with Crippen LogP contribution in [0.1, 0.15) is 30.9 Å². The second kappa shape index (κ2) is 7.41. The van der Waals surface area contributed by atoms with Gasteiger partial charge in [0.2, 0.25) is 0 Å². The third-order valence-corrected chi connectivity index (χ3v) is 2.88. The second-order valence-corrected chi connectivity index (χ2v) is 4.43. The molecule has 5 heteroatoms. The molecule has 0 radical (unpaired) electrons. The first-order valence-corrected chi connectivity index (χ1v) is 6.36. The van der Waals surface area contributed by atoms with Gasteiger partial charge in [-0.1, -0.05) is 37.6 Å². The van der Waals surface area contributed by atoms with Gasteiger partial charge in [0.15, 0.2) is 0 Å². The predicted molar refractivity (Wildman–Crippen MR) is 72.9 cm³/mol. The molecule has 1 rings (SSSR count). The Morgan fingerprint density at radius 1 is 1.32 bits per heavy atom. The number of carbonyl (C=O) groups is 2. The summed E-state index contributed by atoms with van der Waals surface area (Å²) in [6.07, 6.45) is 1.13. The highest BCUT2D eigenvalue weighted by Crippen LogP contribution is 2.06. The van der Waals surface area contributed by atoms with Crippen LogP contribution < -0.4 is 10.6 Å². The summed E-state index contributed by atoms with van der Waals surface area (Å²) in [6, 6.07) is 6.44. The molecule has 2 amide bonds. The summed E-state index contributed by atoms with van der Waals surface area (Å²) < 4.78 is 0. The molecule has 1 aromatic rings. The van der Waals surface area contributed by atoms with Crippen LogP contribution in [0.15, 0.2) is 24.3 Å². The van der Waals surface area contributed by atoms with E-state index < -0.39 is 18.0 Å². The summed E-state index contributed by atoms with van der Waals surface area (Å²) in [5, 5.41) is 14.1. The number of amides is 2. The number of urea groups is 1. The van der Waals surface area contributed by atoms with Crippen LogP contribution in [0.3, 0.4) is 0 Å². The first-order chi connectivity index (χ1) is 9.04. The third-order valence-electron chi connectivity index (χ3n) is 2.88. The number of benzene rings is 1. The maximum Gasteiger partial charge on any atom is 0.326 e. The monoisotopic (exact) mass is 264 g/mol. The number of hydrogen-bond donors (Lipinski definition) is 3. The molecule has 0 aliphatic heterocycles. The maximum absolute atomic E-state index is 11.6. The van der Waals surface area contributed by atoms with Crippen LogP contribution in [0.25, 0.3) is 0 Å². The zero-order chi connectivity index (χ0) is 14.3. The van der Waals surface area contributed by atoms with Gasteiger partial charge in [0.1, 0.15) is 6.04 Å². The summed E-state index contributed by atoms with van der Waals surface area (Å²) >= 11 is 0. The average Bonchev–Trinajstić information content (AvgIpc) is 2.37. The quantitative estimate of drug-likeness (QED) is 0.735. The van der Waals surface area contributed by atoms with Crippen molar-refractivity contribution in [3.63, 3.8) is 0 Å². The van der Waals surface area contributed by atoms with Crippen molar-refractivity contribution in [1.82, 2.24) is 10.6 Å². The minimum atomic E-state index is -1.01. The Morgan fingerprint density at radius 3 is 2.58 bits per heavy atom. The summed E-state index contributed by atoms with van der Waals surface area (Å²) in [5.74, 6) is -1.01. The lowest BCUT2D eigenvalue weighted by Crippen LogP contribution is -2.45. The van der Waals surface area contributed by atoms with Crippen molar-refractivity contribution in [3.8, 4) is 0 Å². The van der Waals surface area contributed by atoms with Crippen molar-refractivity contribution in [2.45, 2.75) is 39.3 Å². The van der Waals surface area contributed by atoms with Crippen molar-refractivity contribution in [1.29, 1.82) is 0 Å². The molecule has 0 aromatic heterocycles. The molecule has 0 saturated heterocycles. The van der Waals surface area contributed by atoms with Crippen molar-refractivity contribution in [2.75, 3.05) is 0 Å². The molecule has 1 aromatic carbocycles. The van der Waals surface area contributed by atoms with Gasteiger partial charge in [0.05, 0.1) is 0 Å². The Balaban J connectivity index is 2.47. The second-order valence-electron chi connectivity index (χ2n) is 4.43. The van der Waals surface area contributed by atoms with Crippen LogP contribution in [-0.2, 0) is 11.3 Å². The summed E-state index contributed by atoms with van der Waals surface area (Å²) in [6.45, 7) is 4.23. The predicted octanol–water partition coefficient (Wildman–Crippen LogP) is 2.05. The first-order valence-electron chi connectivity index (χ1n) is 6.36. The number of aliphatic carboxylic acids is 1. The van der Waals surface area contributed by atoms with E-state index >= 15 is 0 Å². The van der Waals surface area contributed by atoms with Gasteiger partial charge in [0.25, 0.3) is 0 Å². The highest BCUT2D eigenvalue weighted by atomic mass is 16.4. The fourth-order valence-corrected chi connectivity index (χ4v) is 1.74. The van der Waals surface area contributed by atoms with E-state index in [0.717, 1.165) is 11.1 Å². The number of carboxylic acid groups (broad SMARTS) is 1. The van der Waals surface area contributed by atoms with Gasteiger partial charge in [-0.15, -0.1) is 0 Å². The normalized spacial score (nSPS) is 11.7. The average molecular weight is 264 g/mol. The summed E-state index contributed by atoms with van der Waals surface area (Å²) in [5.41, 5.74) is 2.10. The number of nitrogens with one attached hydrogen (secondary N) is 2. The Kier molecular flexibility index (Phi) is 5.85. The van der Waals surface area contributed by atoms with E-state index in [1.165, 1.54) is 0 Å². The van der Waals surface area contributed by atoms with Gasteiger partial charge in [-0.05, 0) is 24.5 Å². The fourth-order valence-electron chi connectivity index (χ4n) is 1.74. The van der Waals surface area contributed by atoms with E-state index in [1.807, 2.05) is 38.1 Å². The molecule has 0 bridgehead atoms. The van der Waals surface area contributed by atoms with E-state index in [2.05, 4.69) is 10.6 Å². The molecule has 0 aliphatic carbocycles. The smallest absolute Gasteiger partial charge is 0.326 e. The van der Waals surface area contributed by atoms with E-state index in [1.54, 1.807) is 0 Å². The molecular formula is C14H20N2O3. The lowest BCUT2D eigenvalue weighted by atomic mass is 10.1. The topological polar surface area (TPSA) is 78.4 Å². The molecule has 0 heterocycles. The number of hydrogen-bond acceptors (Lipinski definition) is 2. The molecule has 0 fully saturated rings. The Labute approximate surface area is 113 Å². The zero-order valence-corrected chi connectivity index (χ0v) is 11.3. The van der Waals surface area contributed by atoms with Gasteiger partial charge in [0, 0.05) is 6.54 Å². The van der Waals surface area contributed by atoms with E-state index in [4.69, 9.17) is 5.11 Å². The van der Waals surface area contributed by atoms with E-state index in [0.29, 0.717) is 19.4 Å². The van der Waals surface area contributed by atoms with Crippen LogP contribution in [0.5, 0.6) is 0 Å². The minimum absolute atomic E-state index is 0.386. The third kappa shape index (κ3) is 4.99. The first kappa shape index (κ1) is 15.0. The van der Waals surface area contributed by atoms with Crippen molar-refractivity contribution < 1.29 is 14.7 Å². The van der Waals surface area contributed by atoms with Gasteiger partial charge in [-0.3, -0.25) is 0 Å².